The second kappa shape index (κ2) is 6.50. The summed E-state index contributed by atoms with van der Waals surface area (Å²) in [7, 11) is -2.14. The van der Waals surface area contributed by atoms with Crippen LogP contribution < -0.4 is 4.74 Å². The summed E-state index contributed by atoms with van der Waals surface area (Å²) in [6.45, 7) is 1.63. The number of rotatable bonds is 3. The highest BCUT2D eigenvalue weighted by Crippen LogP contribution is 2.27. The van der Waals surface area contributed by atoms with Gasteiger partial charge >= 0.3 is 5.97 Å². The average molecular weight is 379 g/mol. The number of fused-ring (bicyclic) bond motifs is 1. The number of nitrogens with zero attached hydrogens (tertiary/aromatic N) is 2. The van der Waals surface area contributed by atoms with E-state index in [0.717, 1.165) is 5.56 Å². The Morgan fingerprint density at radius 3 is 2.68 bits per heavy atom. The number of carbonyl (C=O) groups excluding carboxylic acids is 1. The third kappa shape index (κ3) is 3.52. The minimum Gasteiger partial charge on any atom is -0.425 e. The Hall–Kier alpha value is -2.38. The first-order chi connectivity index (χ1) is 11.8. The SMILES string of the molecule is Cc1cc(Cl)ccc1OC(=O)CN(C)C1=NS(=O)(=O)c2ccccc21. The molecule has 130 valence electrons. The summed E-state index contributed by atoms with van der Waals surface area (Å²) < 4.78 is 33.3. The molecular formula is C17H15ClN2O4S. The van der Waals surface area contributed by atoms with Crippen LogP contribution in [0.3, 0.4) is 0 Å². The standard InChI is InChI=1S/C17H15ClN2O4S/c1-11-9-12(18)7-8-14(11)24-16(21)10-20(2)17-13-5-3-4-6-15(13)25(22,23)19-17/h3-9H,10H2,1-2H3. The molecule has 1 aliphatic rings. The Balaban J connectivity index is 1.77. The van der Waals surface area contributed by atoms with Gasteiger partial charge in [0.05, 0.1) is 0 Å². The lowest BCUT2D eigenvalue weighted by atomic mass is 10.2. The van der Waals surface area contributed by atoms with Crippen LogP contribution in [-0.4, -0.2) is 38.7 Å². The molecule has 0 unspecified atom stereocenters. The van der Waals surface area contributed by atoms with Gasteiger partial charge in [-0.3, -0.25) is 0 Å². The lowest BCUT2D eigenvalue weighted by molar-refractivity contribution is -0.134. The Bertz CT molecular complexity index is 986. The summed E-state index contributed by atoms with van der Waals surface area (Å²) in [6.07, 6.45) is 0. The molecule has 0 N–H and O–H groups in total. The van der Waals surface area contributed by atoms with Crippen molar-refractivity contribution in [3.05, 3.63) is 58.6 Å². The van der Waals surface area contributed by atoms with E-state index >= 15 is 0 Å². The third-order valence-corrected chi connectivity index (χ3v) is 5.26. The molecule has 0 fully saturated rings. The number of amidine groups is 1. The van der Waals surface area contributed by atoms with Crippen molar-refractivity contribution in [2.45, 2.75) is 11.8 Å². The summed E-state index contributed by atoms with van der Waals surface area (Å²) in [5, 5.41) is 0.552. The van der Waals surface area contributed by atoms with E-state index in [1.165, 1.54) is 11.0 Å². The van der Waals surface area contributed by atoms with Gasteiger partial charge in [0.1, 0.15) is 17.2 Å². The number of benzene rings is 2. The van der Waals surface area contributed by atoms with E-state index in [1.807, 2.05) is 0 Å². The van der Waals surface area contributed by atoms with Crippen molar-refractivity contribution in [2.75, 3.05) is 13.6 Å². The zero-order chi connectivity index (χ0) is 18.2. The van der Waals surface area contributed by atoms with Crippen LogP contribution in [0.15, 0.2) is 51.8 Å². The molecule has 0 saturated heterocycles. The molecule has 8 heteroatoms. The van der Waals surface area contributed by atoms with E-state index in [1.54, 1.807) is 50.4 Å². The lowest BCUT2D eigenvalue weighted by Gasteiger charge is -2.18. The topological polar surface area (TPSA) is 76.0 Å². The molecule has 25 heavy (non-hydrogen) atoms. The van der Waals surface area contributed by atoms with Crippen molar-refractivity contribution in [3.8, 4) is 5.75 Å². The molecule has 0 amide bonds. The summed E-state index contributed by atoms with van der Waals surface area (Å²) in [6, 6.07) is 11.4. The molecule has 6 nitrogen and oxygen atoms in total. The number of carbonyl (C=O) groups is 1. The van der Waals surface area contributed by atoms with Crippen LogP contribution in [0.4, 0.5) is 0 Å². The number of ether oxygens (including phenoxy) is 1. The van der Waals surface area contributed by atoms with Crippen LogP contribution in [-0.2, 0) is 14.8 Å². The predicted octanol–water partition coefficient (Wildman–Crippen LogP) is 2.63. The summed E-state index contributed by atoms with van der Waals surface area (Å²) in [4.78, 5) is 13.8. The molecule has 0 spiro atoms. The highest BCUT2D eigenvalue weighted by molar-refractivity contribution is 7.90. The van der Waals surface area contributed by atoms with E-state index in [2.05, 4.69) is 4.40 Å². The zero-order valence-electron chi connectivity index (χ0n) is 13.6. The molecule has 0 aliphatic carbocycles. The Morgan fingerprint density at radius 1 is 1.24 bits per heavy atom. The average Bonchev–Trinajstić information content (AvgIpc) is 2.82. The monoisotopic (exact) mass is 378 g/mol. The minimum absolute atomic E-state index is 0.138. The fourth-order valence-corrected chi connectivity index (χ4v) is 3.99. The largest absolute Gasteiger partial charge is 0.425 e. The van der Waals surface area contributed by atoms with Gasteiger partial charge in [0.25, 0.3) is 10.0 Å². The molecule has 2 aromatic rings. The molecular weight excluding hydrogens is 364 g/mol. The second-order valence-corrected chi connectivity index (χ2v) is 7.64. The first-order valence-corrected chi connectivity index (χ1v) is 9.22. The smallest absolute Gasteiger partial charge is 0.330 e. The van der Waals surface area contributed by atoms with E-state index in [4.69, 9.17) is 16.3 Å². The van der Waals surface area contributed by atoms with Gasteiger partial charge in [0, 0.05) is 17.6 Å². The zero-order valence-corrected chi connectivity index (χ0v) is 15.1. The molecule has 2 aromatic carbocycles. The molecule has 1 aliphatic heterocycles. The normalized spacial score (nSPS) is 14.6. The number of esters is 1. The van der Waals surface area contributed by atoms with Crippen LogP contribution in [0, 0.1) is 6.92 Å². The number of hydrogen-bond acceptors (Lipinski definition) is 5. The van der Waals surface area contributed by atoms with Gasteiger partial charge in [0.2, 0.25) is 0 Å². The summed E-state index contributed by atoms with van der Waals surface area (Å²) in [5.41, 5.74) is 1.20. The second-order valence-electron chi connectivity index (χ2n) is 5.63. The molecule has 3 rings (SSSR count). The first-order valence-electron chi connectivity index (χ1n) is 7.40. The highest BCUT2D eigenvalue weighted by atomic mass is 35.5. The molecule has 0 saturated carbocycles. The van der Waals surface area contributed by atoms with Crippen LogP contribution in [0.25, 0.3) is 0 Å². The maximum atomic E-state index is 12.2. The molecule has 0 radical (unpaired) electrons. The van der Waals surface area contributed by atoms with E-state index in [0.29, 0.717) is 16.3 Å². The lowest BCUT2D eigenvalue weighted by Crippen LogP contribution is -2.34. The van der Waals surface area contributed by atoms with Gasteiger partial charge in [0.15, 0.2) is 5.84 Å². The van der Waals surface area contributed by atoms with Crippen molar-refractivity contribution < 1.29 is 17.9 Å². The minimum atomic E-state index is -3.73. The van der Waals surface area contributed by atoms with Crippen LogP contribution in [0.1, 0.15) is 11.1 Å². The van der Waals surface area contributed by atoms with Gasteiger partial charge in [-0.05, 0) is 42.8 Å². The number of sulfonamides is 1. The van der Waals surface area contributed by atoms with E-state index in [-0.39, 0.29) is 17.3 Å². The van der Waals surface area contributed by atoms with Crippen molar-refractivity contribution in [2.24, 2.45) is 4.40 Å². The fourth-order valence-electron chi connectivity index (χ4n) is 2.51. The van der Waals surface area contributed by atoms with Crippen molar-refractivity contribution >= 4 is 33.4 Å². The van der Waals surface area contributed by atoms with Crippen molar-refractivity contribution in [1.82, 2.24) is 4.90 Å². The van der Waals surface area contributed by atoms with Crippen LogP contribution in [0.2, 0.25) is 5.02 Å². The Labute approximate surface area is 150 Å². The van der Waals surface area contributed by atoms with Crippen molar-refractivity contribution in [1.29, 1.82) is 0 Å². The van der Waals surface area contributed by atoms with Crippen LogP contribution in [0.5, 0.6) is 5.75 Å². The van der Waals surface area contributed by atoms with Gasteiger partial charge in [-0.25, -0.2) is 4.79 Å². The molecule has 1 heterocycles. The van der Waals surface area contributed by atoms with Gasteiger partial charge in [-0.1, -0.05) is 23.7 Å². The summed E-state index contributed by atoms with van der Waals surface area (Å²) >= 11 is 5.88. The maximum absolute atomic E-state index is 12.2. The van der Waals surface area contributed by atoms with Crippen LogP contribution >= 0.6 is 11.6 Å². The van der Waals surface area contributed by atoms with Gasteiger partial charge < -0.3 is 9.64 Å². The fraction of sp³-hybridized carbons (Fsp3) is 0.176. The maximum Gasteiger partial charge on any atom is 0.330 e. The van der Waals surface area contributed by atoms with E-state index < -0.39 is 16.0 Å². The molecule has 0 bridgehead atoms. The van der Waals surface area contributed by atoms with E-state index in [9.17, 15) is 13.2 Å². The summed E-state index contributed by atoms with van der Waals surface area (Å²) in [5.74, 6) is 0.0990. The van der Waals surface area contributed by atoms with Crippen molar-refractivity contribution in [3.63, 3.8) is 0 Å². The number of hydrogen-bond donors (Lipinski definition) is 0. The predicted molar refractivity (Wildman–Crippen MR) is 94.6 cm³/mol. The first kappa shape index (κ1) is 17.4. The highest BCUT2D eigenvalue weighted by Gasteiger charge is 2.31. The van der Waals surface area contributed by atoms with Gasteiger partial charge in [-0.15, -0.1) is 4.40 Å². The Morgan fingerprint density at radius 2 is 1.96 bits per heavy atom. The quantitative estimate of drug-likeness (QED) is 0.606. The molecule has 0 atom stereocenters. The number of halogens is 1. The Kier molecular flexibility index (Phi) is 4.53. The number of likely N-dealkylation sites (N-methyl/N-ethyl adjacent to an activating group) is 1. The molecule has 0 aromatic heterocycles. The third-order valence-electron chi connectivity index (χ3n) is 3.70. The van der Waals surface area contributed by atoms with Gasteiger partial charge in [-0.2, -0.15) is 8.42 Å². The number of aryl methyl sites for hydroxylation is 1.